The molecule has 2 aromatic rings. The number of ether oxygens (including phenoxy) is 2. The van der Waals surface area contributed by atoms with E-state index in [4.69, 9.17) is 4.74 Å². The summed E-state index contributed by atoms with van der Waals surface area (Å²) >= 11 is 0. The monoisotopic (exact) mass is 589 g/mol. The summed E-state index contributed by atoms with van der Waals surface area (Å²) in [7, 11) is -3.86. The summed E-state index contributed by atoms with van der Waals surface area (Å²) in [6.07, 6.45) is -12.9. The normalized spacial score (nSPS) is 17.3. The van der Waals surface area contributed by atoms with Crippen LogP contribution in [0.4, 0.5) is 42.5 Å². The number of nitrogens with zero attached hydrogens (tertiary/aromatic N) is 3. The third kappa shape index (κ3) is 6.67. The van der Waals surface area contributed by atoms with Crippen LogP contribution in [-0.2, 0) is 28.0 Å². The van der Waals surface area contributed by atoms with Crippen LogP contribution in [-0.4, -0.2) is 66.6 Å². The summed E-state index contributed by atoms with van der Waals surface area (Å²) in [6.45, 7) is 1.98. The van der Waals surface area contributed by atoms with Gasteiger partial charge in [0.25, 0.3) is 10.0 Å². The molecule has 0 saturated carbocycles. The minimum Gasteiger partial charge on any atom is -0.485 e. The number of benzene rings is 1. The van der Waals surface area contributed by atoms with Gasteiger partial charge in [-0.2, -0.15) is 31.4 Å². The largest absolute Gasteiger partial charge is 0.485 e. The van der Waals surface area contributed by atoms with Crippen molar-refractivity contribution in [3.05, 3.63) is 30.1 Å². The van der Waals surface area contributed by atoms with Crippen LogP contribution in [0, 0.1) is 0 Å². The number of amides is 1. The maximum atomic E-state index is 13.6. The smallest absolute Gasteiger partial charge is 0.436 e. The van der Waals surface area contributed by atoms with Gasteiger partial charge in [0.05, 0.1) is 12.2 Å². The van der Waals surface area contributed by atoms with Crippen LogP contribution in [0.1, 0.15) is 26.5 Å². The number of carbonyl (C=O) groups excluding carboxylic acids is 1. The average molecular weight is 590 g/mol. The van der Waals surface area contributed by atoms with Gasteiger partial charge in [0.2, 0.25) is 5.60 Å². The fourth-order valence-corrected chi connectivity index (χ4v) is 5.12. The van der Waals surface area contributed by atoms with Gasteiger partial charge >= 0.3 is 18.4 Å². The molecule has 0 saturated heterocycles. The molecule has 1 aromatic carbocycles. The summed E-state index contributed by atoms with van der Waals surface area (Å²) in [5.41, 5.74) is -5.07. The number of hydrogen-bond acceptors (Lipinski definition) is 8. The molecule has 0 fully saturated rings. The van der Waals surface area contributed by atoms with Gasteiger partial charge in [0.1, 0.15) is 23.0 Å². The number of sulfonamides is 1. The summed E-state index contributed by atoms with van der Waals surface area (Å²) in [4.78, 5) is 11.0. The zero-order valence-corrected chi connectivity index (χ0v) is 21.7. The van der Waals surface area contributed by atoms with Crippen LogP contribution < -0.4 is 19.7 Å². The molecule has 1 unspecified atom stereocenters. The van der Waals surface area contributed by atoms with Crippen LogP contribution in [0.5, 0.6) is 5.75 Å². The number of anilines is 2. The van der Waals surface area contributed by atoms with Crippen LogP contribution >= 0.6 is 0 Å². The Balaban J connectivity index is 2.03. The SMILES string of the molecule is CC(O)NC[C@H]1CN(S(=O)(=O)c2cn(C)nc2C(F)(F)F)c2cc(NC(=O)OC(C)(C)C(F)(F)F)ccc2O1. The van der Waals surface area contributed by atoms with Crippen molar-refractivity contribution in [2.75, 3.05) is 22.7 Å². The highest BCUT2D eigenvalue weighted by Crippen LogP contribution is 2.41. The molecule has 18 heteroatoms. The molecule has 3 rings (SSSR count). The van der Waals surface area contributed by atoms with Crippen molar-refractivity contribution in [3.8, 4) is 5.75 Å². The molecule has 3 N–H and O–H groups in total. The molecule has 0 aliphatic carbocycles. The van der Waals surface area contributed by atoms with E-state index >= 15 is 0 Å². The molecular formula is C21H25F6N5O6S. The fraction of sp³-hybridized carbons (Fsp3) is 0.524. The number of aliphatic hydroxyl groups is 1. The van der Waals surface area contributed by atoms with E-state index in [0.717, 1.165) is 13.1 Å². The predicted molar refractivity (Wildman–Crippen MR) is 124 cm³/mol. The number of alkyl halides is 6. The van der Waals surface area contributed by atoms with E-state index in [2.05, 4.69) is 15.2 Å². The van der Waals surface area contributed by atoms with Crippen LogP contribution in [0.2, 0.25) is 0 Å². The second-order valence-corrected chi connectivity index (χ2v) is 10.9. The van der Waals surface area contributed by atoms with Crippen molar-refractivity contribution in [1.82, 2.24) is 15.1 Å². The van der Waals surface area contributed by atoms with Gasteiger partial charge in [-0.3, -0.25) is 19.6 Å². The molecule has 2 heterocycles. The van der Waals surface area contributed by atoms with E-state index in [9.17, 15) is 44.7 Å². The Labute approximate surface area is 218 Å². The van der Waals surface area contributed by atoms with E-state index in [0.29, 0.717) is 29.0 Å². The first-order chi connectivity index (χ1) is 17.7. The van der Waals surface area contributed by atoms with E-state index in [-0.39, 0.29) is 23.7 Å². The van der Waals surface area contributed by atoms with Gasteiger partial charge in [-0.25, -0.2) is 13.2 Å². The van der Waals surface area contributed by atoms with Gasteiger partial charge in [0.15, 0.2) is 5.69 Å². The molecule has 0 radical (unpaired) electrons. The number of fused-ring (bicyclic) bond motifs is 1. The van der Waals surface area contributed by atoms with Crippen molar-refractivity contribution in [2.24, 2.45) is 7.05 Å². The summed E-state index contributed by atoms with van der Waals surface area (Å²) in [5.74, 6) is -0.130. The number of rotatable bonds is 7. The Kier molecular flexibility index (Phi) is 8.06. The van der Waals surface area contributed by atoms with Gasteiger partial charge in [-0.1, -0.05) is 0 Å². The third-order valence-electron chi connectivity index (χ3n) is 5.44. The summed E-state index contributed by atoms with van der Waals surface area (Å²) in [6, 6.07) is 3.34. The van der Waals surface area contributed by atoms with E-state index < -0.39 is 63.5 Å². The zero-order chi connectivity index (χ0) is 29.6. The highest BCUT2D eigenvalue weighted by Gasteiger charge is 2.51. The minimum atomic E-state index is -5.12. The third-order valence-corrected chi connectivity index (χ3v) is 7.22. The molecule has 1 aliphatic rings. The highest BCUT2D eigenvalue weighted by atomic mass is 32.2. The van der Waals surface area contributed by atoms with Crippen molar-refractivity contribution in [2.45, 2.75) is 56.0 Å². The standard InChI is InChI=1S/C21H25F6N5O6S/c1-11(33)28-8-13-9-32(39(35,36)16-10-31(4)30-17(16)20(22,23)24)14-7-12(5-6-15(14)37-13)29-18(34)38-19(2,3)21(25,26)27/h5-7,10-11,13,28,33H,8-9H2,1-4H3,(H,29,34)/t11?,13-/m0/s1. The number of aliphatic hydroxyl groups excluding tert-OH is 1. The average Bonchev–Trinajstić information content (AvgIpc) is 3.19. The maximum absolute atomic E-state index is 13.6. The Morgan fingerprint density at radius 2 is 1.90 bits per heavy atom. The zero-order valence-electron chi connectivity index (χ0n) is 20.9. The van der Waals surface area contributed by atoms with Crippen molar-refractivity contribution < 1.29 is 54.1 Å². The molecule has 2 atom stereocenters. The molecule has 1 amide bonds. The Bertz CT molecular complexity index is 1330. The first kappa shape index (κ1) is 30.3. The van der Waals surface area contributed by atoms with E-state index in [1.807, 2.05) is 5.32 Å². The number of halogens is 6. The lowest BCUT2D eigenvalue weighted by Gasteiger charge is -2.36. The summed E-state index contributed by atoms with van der Waals surface area (Å²) in [5, 5.41) is 17.4. The van der Waals surface area contributed by atoms with E-state index in [1.165, 1.54) is 19.1 Å². The maximum Gasteiger partial charge on any atom is 0.436 e. The topological polar surface area (TPSA) is 135 Å². The fourth-order valence-electron chi connectivity index (χ4n) is 3.43. The lowest BCUT2D eigenvalue weighted by atomic mass is 10.1. The molecule has 1 aliphatic heterocycles. The van der Waals surface area contributed by atoms with Crippen LogP contribution in [0.3, 0.4) is 0 Å². The molecule has 1 aromatic heterocycles. The predicted octanol–water partition coefficient (Wildman–Crippen LogP) is 3.21. The second-order valence-electron chi connectivity index (χ2n) is 9.08. The van der Waals surface area contributed by atoms with Gasteiger partial charge in [-0.05, 0) is 39.0 Å². The van der Waals surface area contributed by atoms with Gasteiger partial charge < -0.3 is 14.6 Å². The number of aromatic nitrogens is 2. The first-order valence-electron chi connectivity index (χ1n) is 11.1. The van der Waals surface area contributed by atoms with Crippen LogP contribution in [0.25, 0.3) is 0 Å². The Morgan fingerprint density at radius 1 is 1.26 bits per heavy atom. The highest BCUT2D eigenvalue weighted by molar-refractivity contribution is 7.92. The number of nitrogens with one attached hydrogen (secondary N) is 2. The number of hydrogen-bond donors (Lipinski definition) is 3. The summed E-state index contributed by atoms with van der Waals surface area (Å²) < 4.78 is 119. The van der Waals surface area contributed by atoms with Gasteiger partial charge in [-0.15, -0.1) is 0 Å². The van der Waals surface area contributed by atoms with E-state index in [1.54, 1.807) is 0 Å². The lowest BCUT2D eigenvalue weighted by Crippen LogP contribution is -2.49. The molecule has 11 nitrogen and oxygen atoms in total. The molecular weight excluding hydrogens is 564 g/mol. The minimum absolute atomic E-state index is 0.110. The van der Waals surface area contributed by atoms with Crippen molar-refractivity contribution in [3.63, 3.8) is 0 Å². The molecule has 0 spiro atoms. The Morgan fingerprint density at radius 3 is 2.46 bits per heavy atom. The van der Waals surface area contributed by atoms with Crippen LogP contribution in [0.15, 0.2) is 29.3 Å². The van der Waals surface area contributed by atoms with Crippen molar-refractivity contribution >= 4 is 27.5 Å². The molecule has 39 heavy (non-hydrogen) atoms. The first-order valence-corrected chi connectivity index (χ1v) is 12.6. The number of carbonyl (C=O) groups is 1. The Hall–Kier alpha value is -3.25. The molecule has 218 valence electrons. The number of aryl methyl sites for hydroxylation is 1. The van der Waals surface area contributed by atoms with Crippen molar-refractivity contribution in [1.29, 1.82) is 0 Å². The quantitative estimate of drug-likeness (QED) is 0.331. The molecule has 0 bridgehead atoms. The second kappa shape index (κ2) is 10.4. The van der Waals surface area contributed by atoms with Gasteiger partial charge in [0, 0.05) is 25.5 Å². The lowest BCUT2D eigenvalue weighted by molar-refractivity contribution is -0.242.